The second-order valence-corrected chi connectivity index (χ2v) is 5.19. The van der Waals surface area contributed by atoms with E-state index in [9.17, 15) is 0 Å². The number of anilines is 1. The Kier molecular flexibility index (Phi) is 3.06. The zero-order valence-corrected chi connectivity index (χ0v) is 11.1. The Morgan fingerprint density at radius 2 is 2.06 bits per heavy atom. The van der Waals surface area contributed by atoms with Crippen LogP contribution in [0.15, 0.2) is 4.52 Å². The lowest BCUT2D eigenvalue weighted by Gasteiger charge is -2.19. The number of nitrogen functional groups attached to an aromatic ring is 1. The van der Waals surface area contributed by atoms with Gasteiger partial charge in [-0.2, -0.15) is 4.98 Å². The molecule has 2 rings (SSSR count). The molecule has 0 aliphatic carbocycles. The van der Waals surface area contributed by atoms with Crippen molar-refractivity contribution < 1.29 is 4.52 Å². The van der Waals surface area contributed by atoms with Crippen LogP contribution in [0.5, 0.6) is 0 Å². The van der Waals surface area contributed by atoms with Crippen LogP contribution in [-0.2, 0) is 18.4 Å². The summed E-state index contributed by atoms with van der Waals surface area (Å²) in [5.41, 5.74) is 6.59. The number of rotatable bonds is 3. The third-order valence-corrected chi connectivity index (χ3v) is 2.58. The van der Waals surface area contributed by atoms with E-state index in [1.54, 1.807) is 4.68 Å². The maximum Gasteiger partial charge on any atom is 0.248 e. The van der Waals surface area contributed by atoms with Gasteiger partial charge < -0.3 is 10.3 Å². The number of hydrogen-bond acceptors (Lipinski definition) is 6. The Labute approximate surface area is 105 Å². The van der Waals surface area contributed by atoms with Crippen LogP contribution < -0.4 is 5.73 Å². The largest absolute Gasteiger partial charge is 0.381 e. The summed E-state index contributed by atoms with van der Waals surface area (Å²) >= 11 is 0. The molecule has 2 N–H and O–H groups in total. The van der Waals surface area contributed by atoms with Gasteiger partial charge in [-0.3, -0.25) is 0 Å². The summed E-state index contributed by atoms with van der Waals surface area (Å²) in [4.78, 5) is 4.25. The highest BCUT2D eigenvalue weighted by Gasteiger charge is 2.24. The maximum absolute atomic E-state index is 5.85. The van der Waals surface area contributed by atoms with Gasteiger partial charge in [0.25, 0.3) is 0 Å². The monoisotopic (exact) mass is 250 g/mol. The van der Waals surface area contributed by atoms with Crippen molar-refractivity contribution in [2.45, 2.75) is 46.1 Å². The van der Waals surface area contributed by atoms with Gasteiger partial charge in [-0.25, -0.2) is 4.68 Å². The van der Waals surface area contributed by atoms with E-state index >= 15 is 0 Å². The fourth-order valence-corrected chi connectivity index (χ4v) is 1.83. The van der Waals surface area contributed by atoms with Crippen LogP contribution in [0.1, 0.15) is 45.1 Å². The predicted molar refractivity (Wildman–Crippen MR) is 65.9 cm³/mol. The summed E-state index contributed by atoms with van der Waals surface area (Å²) in [7, 11) is 0. The normalized spacial score (nSPS) is 12.0. The average molecular weight is 250 g/mol. The van der Waals surface area contributed by atoms with Gasteiger partial charge in [-0.15, -0.1) is 5.10 Å². The fourth-order valence-electron chi connectivity index (χ4n) is 1.83. The molecule has 2 aromatic heterocycles. The molecule has 0 bridgehead atoms. The van der Waals surface area contributed by atoms with Gasteiger partial charge in [0.05, 0.1) is 5.69 Å². The lowest BCUT2D eigenvalue weighted by Crippen LogP contribution is -2.20. The standard InChI is InChI=1S/C11H18N6O/c1-5-7-13-8(18-15-7)6-17-9(11(2,3)4)10(12)14-16-17/h5-6,12H2,1-4H3. The Morgan fingerprint density at radius 1 is 1.33 bits per heavy atom. The van der Waals surface area contributed by atoms with Crippen molar-refractivity contribution in [1.29, 1.82) is 0 Å². The molecule has 2 aromatic rings. The van der Waals surface area contributed by atoms with Crippen molar-refractivity contribution in [3.8, 4) is 0 Å². The van der Waals surface area contributed by atoms with E-state index in [-0.39, 0.29) is 5.41 Å². The van der Waals surface area contributed by atoms with Crippen LogP contribution in [-0.4, -0.2) is 25.1 Å². The summed E-state index contributed by atoms with van der Waals surface area (Å²) in [6.07, 6.45) is 0.745. The van der Waals surface area contributed by atoms with Gasteiger partial charge in [-0.1, -0.05) is 38.1 Å². The van der Waals surface area contributed by atoms with E-state index < -0.39 is 0 Å². The zero-order valence-electron chi connectivity index (χ0n) is 11.1. The van der Waals surface area contributed by atoms with E-state index in [1.165, 1.54) is 0 Å². The number of aryl methyl sites for hydroxylation is 1. The summed E-state index contributed by atoms with van der Waals surface area (Å²) in [5.74, 6) is 1.65. The molecule has 0 aliphatic heterocycles. The molecule has 7 nitrogen and oxygen atoms in total. The van der Waals surface area contributed by atoms with E-state index in [2.05, 4.69) is 41.2 Å². The summed E-state index contributed by atoms with van der Waals surface area (Å²) in [6.45, 7) is 8.55. The Bertz CT molecular complexity index is 536. The van der Waals surface area contributed by atoms with E-state index in [4.69, 9.17) is 10.3 Å². The van der Waals surface area contributed by atoms with Crippen molar-refractivity contribution in [3.63, 3.8) is 0 Å². The lowest BCUT2D eigenvalue weighted by atomic mass is 9.92. The quantitative estimate of drug-likeness (QED) is 0.877. The molecule has 0 radical (unpaired) electrons. The topological polar surface area (TPSA) is 95.7 Å². The van der Waals surface area contributed by atoms with Gasteiger partial charge in [0.2, 0.25) is 5.89 Å². The highest BCUT2D eigenvalue weighted by Crippen LogP contribution is 2.26. The van der Waals surface area contributed by atoms with Gasteiger partial charge >= 0.3 is 0 Å². The predicted octanol–water partition coefficient (Wildman–Crippen LogP) is 1.15. The SMILES string of the molecule is CCc1noc(Cn2nnc(N)c2C(C)(C)C)n1. The van der Waals surface area contributed by atoms with E-state index in [0.29, 0.717) is 24.1 Å². The highest BCUT2D eigenvalue weighted by atomic mass is 16.5. The molecule has 18 heavy (non-hydrogen) atoms. The fraction of sp³-hybridized carbons (Fsp3) is 0.636. The second-order valence-electron chi connectivity index (χ2n) is 5.19. The Morgan fingerprint density at radius 3 is 2.61 bits per heavy atom. The molecule has 2 heterocycles. The zero-order chi connectivity index (χ0) is 13.3. The number of nitrogens with two attached hydrogens (primary N) is 1. The summed E-state index contributed by atoms with van der Waals surface area (Å²) < 4.78 is 6.86. The first-order valence-electron chi connectivity index (χ1n) is 5.92. The minimum atomic E-state index is -0.138. The Balaban J connectivity index is 2.29. The van der Waals surface area contributed by atoms with Crippen molar-refractivity contribution in [2.75, 3.05) is 5.73 Å². The molecule has 7 heteroatoms. The molecule has 0 saturated carbocycles. The minimum Gasteiger partial charge on any atom is -0.381 e. The second kappa shape index (κ2) is 4.40. The smallest absolute Gasteiger partial charge is 0.248 e. The van der Waals surface area contributed by atoms with Crippen LogP contribution in [0.2, 0.25) is 0 Å². The average Bonchev–Trinajstić information content (AvgIpc) is 2.85. The first kappa shape index (κ1) is 12.5. The molecule has 98 valence electrons. The molecule has 0 aliphatic rings. The van der Waals surface area contributed by atoms with Crippen molar-refractivity contribution >= 4 is 5.82 Å². The minimum absolute atomic E-state index is 0.138. The van der Waals surface area contributed by atoms with Gasteiger partial charge in [-0.05, 0) is 0 Å². The number of hydrogen-bond donors (Lipinski definition) is 1. The molecule has 0 unspecified atom stereocenters. The third kappa shape index (κ3) is 2.34. The lowest BCUT2D eigenvalue weighted by molar-refractivity contribution is 0.354. The molecular formula is C11H18N6O. The van der Waals surface area contributed by atoms with Gasteiger partial charge in [0.1, 0.15) is 6.54 Å². The van der Waals surface area contributed by atoms with Crippen molar-refractivity contribution in [2.24, 2.45) is 0 Å². The van der Waals surface area contributed by atoms with Crippen LogP contribution in [0.4, 0.5) is 5.82 Å². The molecular weight excluding hydrogens is 232 g/mol. The van der Waals surface area contributed by atoms with Crippen LogP contribution >= 0.6 is 0 Å². The molecule has 0 amide bonds. The third-order valence-electron chi connectivity index (χ3n) is 2.58. The Hall–Kier alpha value is -1.92. The molecule has 0 aromatic carbocycles. The van der Waals surface area contributed by atoms with Crippen molar-refractivity contribution in [3.05, 3.63) is 17.4 Å². The first-order chi connectivity index (χ1) is 8.41. The van der Waals surface area contributed by atoms with Crippen LogP contribution in [0.3, 0.4) is 0 Å². The summed E-state index contributed by atoms with van der Waals surface area (Å²) in [5, 5.41) is 11.8. The van der Waals surface area contributed by atoms with Gasteiger partial charge in [0, 0.05) is 11.8 Å². The maximum atomic E-state index is 5.85. The first-order valence-corrected chi connectivity index (χ1v) is 5.92. The van der Waals surface area contributed by atoms with Crippen LogP contribution in [0.25, 0.3) is 0 Å². The number of nitrogens with zero attached hydrogens (tertiary/aromatic N) is 5. The van der Waals surface area contributed by atoms with E-state index in [0.717, 1.165) is 12.1 Å². The summed E-state index contributed by atoms with van der Waals surface area (Å²) in [6, 6.07) is 0. The van der Waals surface area contributed by atoms with Crippen molar-refractivity contribution in [1.82, 2.24) is 25.1 Å². The van der Waals surface area contributed by atoms with Crippen LogP contribution in [0, 0.1) is 0 Å². The van der Waals surface area contributed by atoms with Gasteiger partial charge in [0.15, 0.2) is 11.6 Å². The molecule has 0 fully saturated rings. The number of aromatic nitrogens is 5. The highest BCUT2D eigenvalue weighted by molar-refractivity contribution is 5.38. The molecule has 0 spiro atoms. The molecule has 0 saturated heterocycles. The van der Waals surface area contributed by atoms with E-state index in [1.807, 2.05) is 6.92 Å². The molecule has 0 atom stereocenters.